The lowest BCUT2D eigenvalue weighted by molar-refractivity contribution is -0.114. The molecule has 3 rings (SSSR count). The molecule has 2 aromatic carbocycles. The number of halogens is 1. The third-order valence-corrected chi connectivity index (χ3v) is 4.55. The zero-order valence-corrected chi connectivity index (χ0v) is 15.0. The highest BCUT2D eigenvalue weighted by Gasteiger charge is 2.09. The molecule has 0 aliphatic rings. The van der Waals surface area contributed by atoms with Crippen LogP contribution in [0.5, 0.6) is 5.75 Å². The highest BCUT2D eigenvalue weighted by molar-refractivity contribution is 7.15. The molecule has 1 heterocycles. The van der Waals surface area contributed by atoms with Crippen LogP contribution in [0.3, 0.4) is 0 Å². The molecule has 0 saturated carbocycles. The van der Waals surface area contributed by atoms with Crippen LogP contribution in [0.1, 0.15) is 10.4 Å². The lowest BCUT2D eigenvalue weighted by Gasteiger charge is -2.10. The smallest absolute Gasteiger partial charge is 0.245 e. The molecule has 5 nitrogen and oxygen atoms in total. The van der Waals surface area contributed by atoms with Crippen molar-refractivity contribution in [2.45, 2.75) is 6.42 Å². The van der Waals surface area contributed by atoms with E-state index in [2.05, 4.69) is 15.6 Å². The number of nitrogens with one attached hydrogen (secondary N) is 2. The Bertz CT molecular complexity index is 881. The molecule has 2 N–H and O–H groups in total. The molecule has 0 saturated heterocycles. The van der Waals surface area contributed by atoms with Crippen molar-refractivity contribution >= 4 is 28.1 Å². The van der Waals surface area contributed by atoms with Gasteiger partial charge in [0.25, 0.3) is 0 Å². The van der Waals surface area contributed by atoms with E-state index in [-0.39, 0.29) is 18.3 Å². The molecule has 0 aliphatic carbocycles. The Kier molecular flexibility index (Phi) is 5.80. The molecule has 0 radical (unpaired) electrons. The van der Waals surface area contributed by atoms with E-state index in [0.29, 0.717) is 17.3 Å². The molecule has 0 atom stereocenters. The first-order valence-corrected chi connectivity index (χ1v) is 8.81. The Labute approximate surface area is 154 Å². The molecule has 3 aromatic rings. The third kappa shape index (κ3) is 4.80. The average molecular weight is 371 g/mol. The van der Waals surface area contributed by atoms with Crippen molar-refractivity contribution in [3.05, 3.63) is 71.0 Å². The highest BCUT2D eigenvalue weighted by atomic mass is 32.1. The van der Waals surface area contributed by atoms with Crippen molar-refractivity contribution in [1.82, 2.24) is 4.98 Å². The molecule has 0 aliphatic heterocycles. The maximum Gasteiger partial charge on any atom is 0.245 e. The predicted molar refractivity (Wildman–Crippen MR) is 101 cm³/mol. The molecule has 1 aromatic heterocycles. The summed E-state index contributed by atoms with van der Waals surface area (Å²) in [4.78, 5) is 17.3. The van der Waals surface area contributed by atoms with Crippen LogP contribution in [0, 0.1) is 5.82 Å². The van der Waals surface area contributed by atoms with Gasteiger partial charge in [-0.25, -0.2) is 9.37 Å². The van der Waals surface area contributed by atoms with Crippen molar-refractivity contribution in [1.29, 1.82) is 0 Å². The monoisotopic (exact) mass is 371 g/mol. The molecule has 0 bridgehead atoms. The van der Waals surface area contributed by atoms with Crippen LogP contribution in [0.4, 0.5) is 15.2 Å². The summed E-state index contributed by atoms with van der Waals surface area (Å²) in [5, 5.41) is 6.35. The fourth-order valence-electron chi connectivity index (χ4n) is 2.38. The van der Waals surface area contributed by atoms with E-state index < -0.39 is 0 Å². The number of benzene rings is 2. The standard InChI is InChI=1S/C19H18FN3O2S/c1-25-17-5-3-2-4-16(17)21-12-18(24)23-19-22-11-15(26-19)10-13-6-8-14(20)9-7-13/h2-9,11,21H,10,12H2,1H3,(H,22,23,24). The van der Waals surface area contributed by atoms with Gasteiger partial charge in [-0.2, -0.15) is 0 Å². The number of para-hydroxylation sites is 2. The summed E-state index contributed by atoms with van der Waals surface area (Å²) >= 11 is 1.40. The quantitative estimate of drug-likeness (QED) is 0.660. The summed E-state index contributed by atoms with van der Waals surface area (Å²) in [5.74, 6) is 0.225. The van der Waals surface area contributed by atoms with Crippen molar-refractivity contribution in [2.75, 3.05) is 24.3 Å². The van der Waals surface area contributed by atoms with E-state index in [0.717, 1.165) is 16.1 Å². The van der Waals surface area contributed by atoms with Gasteiger partial charge in [0, 0.05) is 17.5 Å². The third-order valence-electron chi connectivity index (χ3n) is 3.64. The SMILES string of the molecule is COc1ccccc1NCC(=O)Nc1ncc(Cc2ccc(F)cc2)s1. The van der Waals surface area contributed by atoms with Gasteiger partial charge in [0.1, 0.15) is 11.6 Å². The number of amides is 1. The van der Waals surface area contributed by atoms with Crippen LogP contribution >= 0.6 is 11.3 Å². The van der Waals surface area contributed by atoms with E-state index in [4.69, 9.17) is 4.74 Å². The minimum absolute atomic E-state index is 0.104. The van der Waals surface area contributed by atoms with Gasteiger partial charge in [-0.3, -0.25) is 4.79 Å². The van der Waals surface area contributed by atoms with Gasteiger partial charge in [-0.1, -0.05) is 24.3 Å². The van der Waals surface area contributed by atoms with Crippen LogP contribution in [-0.2, 0) is 11.2 Å². The summed E-state index contributed by atoms with van der Waals surface area (Å²) in [6.45, 7) is 0.104. The number of thiazole rings is 1. The zero-order chi connectivity index (χ0) is 18.4. The van der Waals surface area contributed by atoms with E-state index in [9.17, 15) is 9.18 Å². The number of hydrogen-bond donors (Lipinski definition) is 2. The first-order valence-electron chi connectivity index (χ1n) is 8.00. The van der Waals surface area contributed by atoms with Crippen molar-refractivity contribution < 1.29 is 13.9 Å². The summed E-state index contributed by atoms with van der Waals surface area (Å²) in [6, 6.07) is 13.7. The number of nitrogens with zero attached hydrogens (tertiary/aromatic N) is 1. The first kappa shape index (κ1) is 17.9. The van der Waals surface area contributed by atoms with E-state index in [1.807, 2.05) is 24.3 Å². The molecule has 1 amide bonds. The number of methoxy groups -OCH3 is 1. The number of anilines is 2. The number of hydrogen-bond acceptors (Lipinski definition) is 5. The Hall–Kier alpha value is -2.93. The van der Waals surface area contributed by atoms with Crippen LogP contribution in [0.2, 0.25) is 0 Å². The second-order valence-electron chi connectivity index (χ2n) is 5.54. The molecule has 7 heteroatoms. The molecular formula is C19H18FN3O2S. The van der Waals surface area contributed by atoms with Crippen LogP contribution in [-0.4, -0.2) is 24.5 Å². The van der Waals surface area contributed by atoms with Crippen LogP contribution in [0.15, 0.2) is 54.7 Å². The molecule has 0 spiro atoms. The van der Waals surface area contributed by atoms with E-state index in [1.165, 1.54) is 23.5 Å². The van der Waals surface area contributed by atoms with Gasteiger partial charge in [-0.15, -0.1) is 11.3 Å². The Morgan fingerprint density at radius 2 is 1.96 bits per heavy atom. The maximum absolute atomic E-state index is 12.9. The van der Waals surface area contributed by atoms with Crippen molar-refractivity contribution in [3.8, 4) is 5.75 Å². The Balaban J connectivity index is 1.53. The molecule has 0 unspecified atom stereocenters. The lowest BCUT2D eigenvalue weighted by atomic mass is 10.1. The fraction of sp³-hybridized carbons (Fsp3) is 0.158. The summed E-state index contributed by atoms with van der Waals surface area (Å²) < 4.78 is 18.2. The normalized spacial score (nSPS) is 10.4. The number of rotatable bonds is 7. The van der Waals surface area contributed by atoms with Gasteiger partial charge in [-0.05, 0) is 29.8 Å². The number of carbonyl (C=O) groups excluding carboxylic acids is 1. The fourth-order valence-corrected chi connectivity index (χ4v) is 3.24. The van der Waals surface area contributed by atoms with Crippen molar-refractivity contribution in [3.63, 3.8) is 0 Å². The number of aromatic nitrogens is 1. The van der Waals surface area contributed by atoms with Gasteiger partial charge in [0.15, 0.2) is 5.13 Å². The minimum atomic E-state index is -0.256. The average Bonchev–Trinajstić information content (AvgIpc) is 3.09. The molecular weight excluding hydrogens is 353 g/mol. The molecule has 0 fully saturated rings. The topological polar surface area (TPSA) is 63.2 Å². The second kappa shape index (κ2) is 8.44. The molecule has 26 heavy (non-hydrogen) atoms. The van der Waals surface area contributed by atoms with E-state index >= 15 is 0 Å². The van der Waals surface area contributed by atoms with Crippen LogP contribution < -0.4 is 15.4 Å². The van der Waals surface area contributed by atoms with Gasteiger partial charge in [0.2, 0.25) is 5.91 Å². The number of ether oxygens (including phenoxy) is 1. The zero-order valence-electron chi connectivity index (χ0n) is 14.2. The van der Waals surface area contributed by atoms with Gasteiger partial charge < -0.3 is 15.4 Å². The van der Waals surface area contributed by atoms with Gasteiger partial charge >= 0.3 is 0 Å². The Morgan fingerprint density at radius 3 is 2.73 bits per heavy atom. The first-order chi connectivity index (χ1) is 12.6. The molecule has 134 valence electrons. The maximum atomic E-state index is 12.9. The summed E-state index contributed by atoms with van der Waals surface area (Å²) in [5.41, 5.74) is 1.74. The Morgan fingerprint density at radius 1 is 1.19 bits per heavy atom. The summed E-state index contributed by atoms with van der Waals surface area (Å²) in [7, 11) is 1.58. The second-order valence-corrected chi connectivity index (χ2v) is 6.65. The minimum Gasteiger partial charge on any atom is -0.495 e. The lowest BCUT2D eigenvalue weighted by Crippen LogP contribution is -2.21. The summed E-state index contributed by atoms with van der Waals surface area (Å²) in [6.07, 6.45) is 2.37. The van der Waals surface area contributed by atoms with Crippen molar-refractivity contribution in [2.24, 2.45) is 0 Å². The highest BCUT2D eigenvalue weighted by Crippen LogP contribution is 2.23. The van der Waals surface area contributed by atoms with Crippen LogP contribution in [0.25, 0.3) is 0 Å². The van der Waals surface area contributed by atoms with E-state index in [1.54, 1.807) is 25.4 Å². The largest absolute Gasteiger partial charge is 0.495 e. The van der Waals surface area contributed by atoms with Gasteiger partial charge in [0.05, 0.1) is 19.3 Å². The predicted octanol–water partition coefficient (Wildman–Crippen LogP) is 3.93. The number of carbonyl (C=O) groups is 1.